The van der Waals surface area contributed by atoms with E-state index in [9.17, 15) is 9.18 Å². The van der Waals surface area contributed by atoms with Gasteiger partial charge in [-0.05, 0) is 54.6 Å². The van der Waals surface area contributed by atoms with Gasteiger partial charge in [0.2, 0.25) is 5.91 Å². The van der Waals surface area contributed by atoms with Crippen molar-refractivity contribution >= 4 is 29.2 Å². The summed E-state index contributed by atoms with van der Waals surface area (Å²) in [7, 11) is 0. The molecule has 0 saturated carbocycles. The maximum Gasteiger partial charge on any atom is 0.237 e. The molecule has 6 heteroatoms. The third-order valence-corrected chi connectivity index (χ3v) is 5.30. The summed E-state index contributed by atoms with van der Waals surface area (Å²) in [5.74, 6) is -1.08. The van der Waals surface area contributed by atoms with Crippen molar-refractivity contribution in [2.45, 2.75) is 12.8 Å². The van der Waals surface area contributed by atoms with Gasteiger partial charge in [0, 0.05) is 43.8 Å². The summed E-state index contributed by atoms with van der Waals surface area (Å²) in [4.78, 5) is 21.4. The third-order valence-electron chi connectivity index (χ3n) is 5.30. The van der Waals surface area contributed by atoms with Gasteiger partial charge in [0.05, 0.1) is 5.69 Å². The molecular formula is C21H23FN4O. The molecule has 5 nitrogen and oxygen atoms in total. The fraction of sp³-hybridized carbons (Fsp3) is 0.333. The Kier molecular flexibility index (Phi) is 4.90. The number of carbonyl (C=O) groups excluding carboxylic acids is 1. The van der Waals surface area contributed by atoms with Crippen LogP contribution in [0.3, 0.4) is 0 Å². The smallest absolute Gasteiger partial charge is 0.237 e. The molecule has 0 aliphatic carbocycles. The van der Waals surface area contributed by atoms with E-state index in [4.69, 9.17) is 0 Å². The maximum absolute atomic E-state index is 13.5. The molecule has 0 radical (unpaired) electrons. The number of aliphatic imine (C=N–C) groups is 1. The number of rotatable bonds is 4. The number of nitrogens with zero attached hydrogens (tertiary/aromatic N) is 3. The maximum atomic E-state index is 13.5. The molecule has 0 bridgehead atoms. The molecule has 0 spiro atoms. The zero-order valence-corrected chi connectivity index (χ0v) is 15.4. The summed E-state index contributed by atoms with van der Waals surface area (Å²) < 4.78 is 13.5. The van der Waals surface area contributed by atoms with Gasteiger partial charge < -0.3 is 15.1 Å². The first kappa shape index (κ1) is 17.7. The average molecular weight is 366 g/mol. The molecule has 2 aliphatic rings. The summed E-state index contributed by atoms with van der Waals surface area (Å²) in [6, 6.07) is 12.4. The molecule has 1 fully saturated rings. The van der Waals surface area contributed by atoms with Gasteiger partial charge in [-0.25, -0.2) is 4.39 Å². The minimum atomic E-state index is -0.558. The number of amides is 1. The minimum Gasteiger partial charge on any atom is -0.369 e. The van der Waals surface area contributed by atoms with Crippen molar-refractivity contribution < 1.29 is 9.18 Å². The fourth-order valence-electron chi connectivity index (χ4n) is 3.64. The Morgan fingerprint density at radius 1 is 1.15 bits per heavy atom. The predicted molar refractivity (Wildman–Crippen MR) is 107 cm³/mol. The van der Waals surface area contributed by atoms with Gasteiger partial charge in [-0.3, -0.25) is 9.79 Å². The first-order chi connectivity index (χ1) is 13.1. The molecule has 2 aromatic carbocycles. The van der Waals surface area contributed by atoms with E-state index in [0.29, 0.717) is 11.3 Å². The number of hydrogen-bond donors (Lipinski definition) is 1. The van der Waals surface area contributed by atoms with E-state index in [1.807, 2.05) is 12.1 Å². The number of anilines is 2. The van der Waals surface area contributed by atoms with Gasteiger partial charge in [-0.15, -0.1) is 0 Å². The SMILES string of the molecule is CCN1CCN(c2ccc(N=CC3C(=O)Nc4ccc(F)cc43)cc2)CC1. The molecule has 1 amide bonds. The van der Waals surface area contributed by atoms with Crippen LogP contribution < -0.4 is 10.2 Å². The highest BCUT2D eigenvalue weighted by Gasteiger charge is 2.29. The van der Waals surface area contributed by atoms with E-state index < -0.39 is 5.92 Å². The van der Waals surface area contributed by atoms with Crippen LogP contribution >= 0.6 is 0 Å². The summed E-state index contributed by atoms with van der Waals surface area (Å²) in [5.41, 5.74) is 3.26. The van der Waals surface area contributed by atoms with Crippen LogP contribution in [0.15, 0.2) is 47.5 Å². The highest BCUT2D eigenvalue weighted by atomic mass is 19.1. The van der Waals surface area contributed by atoms with Crippen molar-refractivity contribution in [3.05, 3.63) is 53.8 Å². The molecule has 27 heavy (non-hydrogen) atoms. The highest BCUT2D eigenvalue weighted by molar-refractivity contribution is 6.12. The minimum absolute atomic E-state index is 0.176. The number of benzene rings is 2. The molecule has 2 aromatic rings. The first-order valence-corrected chi connectivity index (χ1v) is 9.36. The second-order valence-electron chi connectivity index (χ2n) is 6.91. The van der Waals surface area contributed by atoms with Crippen molar-refractivity contribution in [3.63, 3.8) is 0 Å². The predicted octanol–water partition coefficient (Wildman–Crippen LogP) is 3.41. The molecule has 1 unspecified atom stereocenters. The van der Waals surface area contributed by atoms with E-state index in [0.717, 1.165) is 38.4 Å². The number of halogens is 1. The second-order valence-corrected chi connectivity index (χ2v) is 6.91. The van der Waals surface area contributed by atoms with E-state index in [1.165, 1.54) is 17.8 Å². The van der Waals surface area contributed by atoms with E-state index in [1.54, 1.807) is 12.3 Å². The van der Waals surface area contributed by atoms with Crippen LogP contribution in [-0.4, -0.2) is 49.7 Å². The summed E-state index contributed by atoms with van der Waals surface area (Å²) in [6.07, 6.45) is 1.59. The molecule has 2 heterocycles. The van der Waals surface area contributed by atoms with E-state index >= 15 is 0 Å². The number of piperazine rings is 1. The number of likely N-dealkylation sites (N-methyl/N-ethyl adjacent to an activating group) is 1. The Hall–Kier alpha value is -2.73. The van der Waals surface area contributed by atoms with Gasteiger partial charge >= 0.3 is 0 Å². The van der Waals surface area contributed by atoms with E-state index in [2.05, 4.69) is 39.2 Å². The molecule has 1 atom stereocenters. The number of carbonyl (C=O) groups is 1. The average Bonchev–Trinajstić information content (AvgIpc) is 3.01. The van der Waals surface area contributed by atoms with Crippen LogP contribution in [0.5, 0.6) is 0 Å². The standard InChI is InChI=1S/C21H23FN4O/c1-2-25-9-11-26(12-10-25)17-6-4-16(5-7-17)23-14-19-18-13-15(22)3-8-20(18)24-21(19)27/h3-8,13-14,19H,2,9-12H2,1H3,(H,24,27). The van der Waals surface area contributed by atoms with E-state index in [-0.39, 0.29) is 11.7 Å². The lowest BCUT2D eigenvalue weighted by molar-refractivity contribution is -0.115. The van der Waals surface area contributed by atoms with Crippen molar-refractivity contribution in [3.8, 4) is 0 Å². The van der Waals surface area contributed by atoms with Crippen molar-refractivity contribution in [1.29, 1.82) is 0 Å². The lowest BCUT2D eigenvalue weighted by Gasteiger charge is -2.35. The zero-order chi connectivity index (χ0) is 18.8. The quantitative estimate of drug-likeness (QED) is 0.844. The number of hydrogen-bond acceptors (Lipinski definition) is 4. The lowest BCUT2D eigenvalue weighted by atomic mass is 10.0. The molecule has 4 rings (SSSR count). The first-order valence-electron chi connectivity index (χ1n) is 9.36. The van der Waals surface area contributed by atoms with Crippen molar-refractivity contribution in [2.24, 2.45) is 4.99 Å². The Bertz CT molecular complexity index is 857. The zero-order valence-electron chi connectivity index (χ0n) is 15.4. The van der Waals surface area contributed by atoms with Crippen LogP contribution in [0.4, 0.5) is 21.5 Å². The van der Waals surface area contributed by atoms with Crippen LogP contribution in [0, 0.1) is 5.82 Å². The second kappa shape index (κ2) is 7.48. The summed E-state index contributed by atoms with van der Waals surface area (Å²) in [5, 5.41) is 2.76. The molecule has 0 aromatic heterocycles. The summed E-state index contributed by atoms with van der Waals surface area (Å²) >= 11 is 0. The van der Waals surface area contributed by atoms with Crippen molar-refractivity contribution in [2.75, 3.05) is 42.9 Å². The highest BCUT2D eigenvalue weighted by Crippen LogP contribution is 2.32. The van der Waals surface area contributed by atoms with Gasteiger partial charge in [-0.1, -0.05) is 6.92 Å². The van der Waals surface area contributed by atoms with Crippen LogP contribution in [0.2, 0.25) is 0 Å². The van der Waals surface area contributed by atoms with Gasteiger partial charge in [0.1, 0.15) is 11.7 Å². The number of fused-ring (bicyclic) bond motifs is 1. The fourth-order valence-corrected chi connectivity index (χ4v) is 3.64. The van der Waals surface area contributed by atoms with Gasteiger partial charge in [0.25, 0.3) is 0 Å². The van der Waals surface area contributed by atoms with Gasteiger partial charge in [0.15, 0.2) is 0 Å². The molecule has 1 saturated heterocycles. The number of nitrogens with one attached hydrogen (secondary N) is 1. The van der Waals surface area contributed by atoms with Crippen LogP contribution in [-0.2, 0) is 4.79 Å². The Labute approximate surface area is 158 Å². The monoisotopic (exact) mass is 366 g/mol. The molecule has 2 aliphatic heterocycles. The Morgan fingerprint density at radius 2 is 1.89 bits per heavy atom. The topological polar surface area (TPSA) is 47.9 Å². The van der Waals surface area contributed by atoms with Crippen LogP contribution in [0.1, 0.15) is 18.4 Å². The molecule has 1 N–H and O–H groups in total. The van der Waals surface area contributed by atoms with Crippen molar-refractivity contribution in [1.82, 2.24) is 4.90 Å². The Balaban J connectivity index is 1.45. The third kappa shape index (κ3) is 3.71. The lowest BCUT2D eigenvalue weighted by Crippen LogP contribution is -2.46. The Morgan fingerprint density at radius 3 is 2.59 bits per heavy atom. The normalized spacial score (nSPS) is 20.1. The summed E-state index contributed by atoms with van der Waals surface area (Å²) in [6.45, 7) is 7.53. The van der Waals surface area contributed by atoms with Crippen LogP contribution in [0.25, 0.3) is 0 Å². The molecule has 140 valence electrons. The largest absolute Gasteiger partial charge is 0.369 e. The van der Waals surface area contributed by atoms with Gasteiger partial charge in [-0.2, -0.15) is 0 Å². The molecular weight excluding hydrogens is 343 g/mol.